The lowest BCUT2D eigenvalue weighted by Gasteiger charge is -2.26. The molecule has 1 N–H and O–H groups in total. The fourth-order valence-electron chi connectivity index (χ4n) is 3.97. The van der Waals surface area contributed by atoms with E-state index in [4.69, 9.17) is 9.47 Å². The molecule has 7 heteroatoms. The van der Waals surface area contributed by atoms with Gasteiger partial charge in [0.15, 0.2) is 0 Å². The molecule has 1 heterocycles. The van der Waals surface area contributed by atoms with E-state index in [2.05, 4.69) is 26.1 Å². The Morgan fingerprint density at radius 2 is 1.66 bits per heavy atom. The zero-order chi connectivity index (χ0) is 25.2. The van der Waals surface area contributed by atoms with E-state index in [-0.39, 0.29) is 22.6 Å². The number of nitrogens with one attached hydrogen (secondary N) is 1. The molecule has 0 radical (unpaired) electrons. The molecular weight excluding hydrogens is 460 g/mol. The lowest BCUT2D eigenvalue weighted by molar-refractivity contribution is -0.115. The second kappa shape index (κ2) is 10.0. The van der Waals surface area contributed by atoms with Gasteiger partial charge in [-0.3, -0.25) is 14.5 Å². The Balaban J connectivity index is 1.51. The van der Waals surface area contributed by atoms with Gasteiger partial charge in [0.05, 0.1) is 25.7 Å². The highest BCUT2D eigenvalue weighted by molar-refractivity contribution is 8.00. The molecule has 3 aromatic carbocycles. The number of benzene rings is 3. The van der Waals surface area contributed by atoms with Gasteiger partial charge < -0.3 is 14.8 Å². The standard InChI is InChI=1S/C28H30N2O4S/c1-28(2,3)20-10-6-18(7-11-20)26(32)29-21-12-8-19(9-13-21)27-30(25(31)17-35-27)23-15-14-22(33-4)16-24(23)34-5/h6-16,27H,17H2,1-5H3,(H,29,32)/t27-/m0/s1. The number of carbonyl (C=O) groups is 2. The zero-order valence-electron chi connectivity index (χ0n) is 20.6. The number of rotatable bonds is 6. The molecule has 35 heavy (non-hydrogen) atoms. The average Bonchev–Trinajstić information content (AvgIpc) is 3.24. The van der Waals surface area contributed by atoms with Crippen molar-refractivity contribution < 1.29 is 19.1 Å². The van der Waals surface area contributed by atoms with Crippen molar-refractivity contribution in [3.63, 3.8) is 0 Å². The van der Waals surface area contributed by atoms with Gasteiger partial charge in [-0.15, -0.1) is 11.8 Å². The van der Waals surface area contributed by atoms with Crippen LogP contribution in [0.2, 0.25) is 0 Å². The predicted octanol–water partition coefficient (Wildman–Crippen LogP) is 6.03. The Hall–Kier alpha value is -3.45. The molecule has 3 aromatic rings. The number of ether oxygens (including phenoxy) is 2. The summed E-state index contributed by atoms with van der Waals surface area (Å²) < 4.78 is 10.8. The van der Waals surface area contributed by atoms with Gasteiger partial charge in [-0.1, -0.05) is 45.0 Å². The number of methoxy groups -OCH3 is 2. The van der Waals surface area contributed by atoms with E-state index in [1.165, 1.54) is 5.56 Å². The molecule has 4 rings (SSSR count). The second-order valence-electron chi connectivity index (χ2n) is 9.37. The van der Waals surface area contributed by atoms with Gasteiger partial charge in [-0.05, 0) is 52.9 Å². The molecule has 182 valence electrons. The van der Waals surface area contributed by atoms with Crippen LogP contribution in [0.3, 0.4) is 0 Å². The van der Waals surface area contributed by atoms with Gasteiger partial charge in [0.25, 0.3) is 5.91 Å². The van der Waals surface area contributed by atoms with Crippen LogP contribution in [0.5, 0.6) is 11.5 Å². The monoisotopic (exact) mass is 490 g/mol. The smallest absolute Gasteiger partial charge is 0.255 e. The van der Waals surface area contributed by atoms with E-state index in [9.17, 15) is 9.59 Å². The maximum absolute atomic E-state index is 12.8. The first-order chi connectivity index (χ1) is 16.7. The summed E-state index contributed by atoms with van der Waals surface area (Å²) in [4.78, 5) is 27.3. The molecule has 0 spiro atoms. The molecule has 0 unspecified atom stereocenters. The molecule has 1 fully saturated rings. The fraction of sp³-hybridized carbons (Fsp3) is 0.286. The SMILES string of the molecule is COc1ccc(N2C(=O)CS[C@H]2c2ccc(NC(=O)c3ccc(C(C)(C)C)cc3)cc2)c(OC)c1. The number of thioether (sulfide) groups is 1. The number of anilines is 2. The van der Waals surface area contributed by atoms with Crippen molar-refractivity contribution >= 4 is 35.0 Å². The quantitative estimate of drug-likeness (QED) is 0.457. The number of hydrogen-bond donors (Lipinski definition) is 1. The van der Waals surface area contributed by atoms with Gasteiger partial charge >= 0.3 is 0 Å². The Kier molecular flexibility index (Phi) is 7.08. The van der Waals surface area contributed by atoms with Crippen LogP contribution < -0.4 is 19.7 Å². The predicted molar refractivity (Wildman–Crippen MR) is 142 cm³/mol. The fourth-order valence-corrected chi connectivity index (χ4v) is 5.14. The molecule has 0 bridgehead atoms. The highest BCUT2D eigenvalue weighted by Crippen LogP contribution is 2.45. The van der Waals surface area contributed by atoms with Crippen LogP contribution in [0.15, 0.2) is 66.7 Å². The summed E-state index contributed by atoms with van der Waals surface area (Å²) in [6.45, 7) is 6.43. The average molecular weight is 491 g/mol. The zero-order valence-corrected chi connectivity index (χ0v) is 21.4. The maximum atomic E-state index is 12.8. The molecule has 1 saturated heterocycles. The third-order valence-electron chi connectivity index (χ3n) is 5.98. The van der Waals surface area contributed by atoms with Crippen molar-refractivity contribution in [1.29, 1.82) is 0 Å². The van der Waals surface area contributed by atoms with E-state index >= 15 is 0 Å². The van der Waals surface area contributed by atoms with Crippen LogP contribution in [0.1, 0.15) is 47.6 Å². The van der Waals surface area contributed by atoms with Crippen molar-refractivity contribution in [1.82, 2.24) is 0 Å². The van der Waals surface area contributed by atoms with Gasteiger partial charge in [0.2, 0.25) is 5.91 Å². The summed E-state index contributed by atoms with van der Waals surface area (Å²) in [6.07, 6.45) is 0. The Morgan fingerprint density at radius 3 is 2.26 bits per heavy atom. The highest BCUT2D eigenvalue weighted by atomic mass is 32.2. The molecule has 0 saturated carbocycles. The van der Waals surface area contributed by atoms with Crippen LogP contribution in [-0.4, -0.2) is 31.8 Å². The largest absolute Gasteiger partial charge is 0.497 e. The van der Waals surface area contributed by atoms with Crippen LogP contribution in [0.25, 0.3) is 0 Å². The number of carbonyl (C=O) groups excluding carboxylic acids is 2. The van der Waals surface area contributed by atoms with E-state index in [1.807, 2.05) is 60.7 Å². The van der Waals surface area contributed by atoms with Crippen LogP contribution >= 0.6 is 11.8 Å². The summed E-state index contributed by atoms with van der Waals surface area (Å²) in [7, 11) is 3.17. The lowest BCUT2D eigenvalue weighted by atomic mass is 9.87. The minimum absolute atomic E-state index is 0.0135. The van der Waals surface area contributed by atoms with Crippen LogP contribution in [-0.2, 0) is 10.2 Å². The molecular formula is C28H30N2O4S. The third kappa shape index (κ3) is 5.30. The lowest BCUT2D eigenvalue weighted by Crippen LogP contribution is -2.28. The summed E-state index contributed by atoms with van der Waals surface area (Å²) in [6, 6.07) is 20.7. The van der Waals surface area contributed by atoms with Crippen molar-refractivity contribution in [2.24, 2.45) is 0 Å². The summed E-state index contributed by atoms with van der Waals surface area (Å²) >= 11 is 1.56. The first-order valence-corrected chi connectivity index (χ1v) is 12.4. The molecule has 1 aliphatic rings. The molecule has 0 aromatic heterocycles. The van der Waals surface area contributed by atoms with Crippen molar-refractivity contribution in [3.8, 4) is 11.5 Å². The topological polar surface area (TPSA) is 67.9 Å². The van der Waals surface area contributed by atoms with E-state index in [0.29, 0.717) is 34.2 Å². The number of amides is 2. The summed E-state index contributed by atoms with van der Waals surface area (Å²) in [5, 5.41) is 2.76. The molecule has 2 amide bonds. The minimum Gasteiger partial charge on any atom is -0.497 e. The normalized spacial score (nSPS) is 15.7. The van der Waals surface area contributed by atoms with Crippen molar-refractivity contribution in [2.45, 2.75) is 31.6 Å². The Morgan fingerprint density at radius 1 is 0.971 bits per heavy atom. The molecule has 0 aliphatic carbocycles. The second-order valence-corrected chi connectivity index (χ2v) is 10.4. The minimum atomic E-state index is -0.195. The number of nitrogens with zero attached hydrogens (tertiary/aromatic N) is 1. The molecule has 6 nitrogen and oxygen atoms in total. The summed E-state index contributed by atoms with van der Waals surface area (Å²) in [5.41, 5.74) is 4.18. The van der Waals surface area contributed by atoms with Gasteiger partial charge in [0, 0.05) is 17.3 Å². The first kappa shape index (κ1) is 24.7. The van der Waals surface area contributed by atoms with E-state index < -0.39 is 0 Å². The van der Waals surface area contributed by atoms with E-state index in [1.54, 1.807) is 36.9 Å². The first-order valence-electron chi connectivity index (χ1n) is 11.4. The van der Waals surface area contributed by atoms with Crippen molar-refractivity contribution in [3.05, 3.63) is 83.4 Å². The third-order valence-corrected chi connectivity index (χ3v) is 7.19. The Bertz CT molecular complexity index is 1220. The molecule has 1 atom stereocenters. The number of hydrogen-bond acceptors (Lipinski definition) is 5. The van der Waals surface area contributed by atoms with Gasteiger partial charge in [0.1, 0.15) is 16.9 Å². The van der Waals surface area contributed by atoms with Crippen molar-refractivity contribution in [2.75, 3.05) is 30.2 Å². The maximum Gasteiger partial charge on any atom is 0.255 e. The highest BCUT2D eigenvalue weighted by Gasteiger charge is 2.35. The van der Waals surface area contributed by atoms with Crippen LogP contribution in [0, 0.1) is 0 Å². The molecule has 1 aliphatic heterocycles. The van der Waals surface area contributed by atoms with E-state index in [0.717, 1.165) is 5.56 Å². The van der Waals surface area contributed by atoms with Crippen LogP contribution in [0.4, 0.5) is 11.4 Å². The summed E-state index contributed by atoms with van der Waals surface area (Å²) in [5.74, 6) is 1.47. The van der Waals surface area contributed by atoms with Gasteiger partial charge in [-0.2, -0.15) is 0 Å². The Labute approximate surface area is 210 Å². The van der Waals surface area contributed by atoms with Gasteiger partial charge in [-0.25, -0.2) is 0 Å².